The van der Waals surface area contributed by atoms with Gasteiger partial charge in [-0.15, -0.1) is 0 Å². The van der Waals surface area contributed by atoms with E-state index in [1.54, 1.807) is 0 Å². The summed E-state index contributed by atoms with van der Waals surface area (Å²) in [5.74, 6) is 0. The van der Waals surface area contributed by atoms with Crippen LogP contribution in [0.5, 0.6) is 0 Å². The molecule has 0 unspecified atom stereocenters. The first-order valence-corrected chi connectivity index (χ1v) is 20.8. The van der Waals surface area contributed by atoms with Crippen LogP contribution in [0, 0.1) is 0 Å². The number of hydrogen-bond donors (Lipinski definition) is 0. The minimum atomic E-state index is 1.09. The van der Waals surface area contributed by atoms with E-state index in [2.05, 4.69) is 260 Å². The molecule has 0 bridgehead atoms. The molecule has 0 aliphatic rings. The molecule has 290 valence electrons. The summed E-state index contributed by atoms with van der Waals surface area (Å²) < 4.78 is 0. The Hall–Kier alpha value is -8.00. The van der Waals surface area contributed by atoms with Crippen LogP contribution in [-0.4, -0.2) is 0 Å². The van der Waals surface area contributed by atoms with Crippen LogP contribution < -0.4 is 4.90 Å². The highest BCUT2D eigenvalue weighted by Crippen LogP contribution is 2.38. The predicted molar refractivity (Wildman–Crippen MR) is 264 cm³/mol. The summed E-state index contributed by atoms with van der Waals surface area (Å²) in [4.78, 5) is 2.34. The van der Waals surface area contributed by atoms with E-state index < -0.39 is 0 Å². The molecule has 9 aromatic carbocycles. The molecule has 0 amide bonds. The third-order valence-corrected chi connectivity index (χ3v) is 10.9. The van der Waals surface area contributed by atoms with E-state index in [9.17, 15) is 0 Å². The van der Waals surface area contributed by atoms with Crippen molar-refractivity contribution in [3.05, 3.63) is 270 Å². The first kappa shape index (κ1) is 38.5. The molecular weight excluding hydrogens is 735 g/mol. The molecule has 1 nitrogen and oxygen atoms in total. The maximum Gasteiger partial charge on any atom is 0.0462 e. The van der Waals surface area contributed by atoms with Crippen LogP contribution in [0.2, 0.25) is 0 Å². The molecule has 0 radical (unpaired) electrons. The lowest BCUT2D eigenvalue weighted by molar-refractivity contribution is 1.28. The molecule has 9 aromatic rings. The van der Waals surface area contributed by atoms with Gasteiger partial charge in [-0.3, -0.25) is 0 Å². The largest absolute Gasteiger partial charge is 0.311 e. The normalized spacial score (nSPS) is 11.4. The zero-order valence-electron chi connectivity index (χ0n) is 33.9. The molecule has 0 aliphatic heterocycles. The highest BCUT2D eigenvalue weighted by molar-refractivity contribution is 5.82. The predicted octanol–water partition coefficient (Wildman–Crippen LogP) is 16.7. The van der Waals surface area contributed by atoms with Crippen molar-refractivity contribution in [2.75, 3.05) is 4.90 Å². The van der Waals surface area contributed by atoms with Crippen LogP contribution in [0.3, 0.4) is 0 Å². The molecule has 0 fully saturated rings. The van der Waals surface area contributed by atoms with Crippen molar-refractivity contribution >= 4 is 53.5 Å². The molecular formula is C60H45N. The van der Waals surface area contributed by atoms with Crippen molar-refractivity contribution in [3.8, 4) is 33.4 Å². The van der Waals surface area contributed by atoms with E-state index in [1.807, 2.05) is 18.2 Å². The van der Waals surface area contributed by atoms with Crippen LogP contribution in [0.25, 0.3) is 69.8 Å². The van der Waals surface area contributed by atoms with Gasteiger partial charge in [-0.2, -0.15) is 0 Å². The third kappa shape index (κ3) is 9.83. The van der Waals surface area contributed by atoms with Gasteiger partial charge < -0.3 is 4.90 Å². The van der Waals surface area contributed by atoms with Gasteiger partial charge in [-0.25, -0.2) is 0 Å². The summed E-state index contributed by atoms with van der Waals surface area (Å²) in [7, 11) is 0. The van der Waals surface area contributed by atoms with Gasteiger partial charge in [0, 0.05) is 17.1 Å². The van der Waals surface area contributed by atoms with Gasteiger partial charge in [0.2, 0.25) is 0 Å². The van der Waals surface area contributed by atoms with Crippen molar-refractivity contribution < 1.29 is 0 Å². The Kier molecular flexibility index (Phi) is 11.8. The smallest absolute Gasteiger partial charge is 0.0462 e. The van der Waals surface area contributed by atoms with Gasteiger partial charge >= 0.3 is 0 Å². The van der Waals surface area contributed by atoms with E-state index in [1.165, 1.54) is 66.8 Å². The Morgan fingerprint density at radius 1 is 0.180 bits per heavy atom. The summed E-state index contributed by atoms with van der Waals surface area (Å²) in [6.45, 7) is 0. The average molecular weight is 780 g/mol. The van der Waals surface area contributed by atoms with Crippen LogP contribution in [0.1, 0.15) is 33.4 Å². The highest BCUT2D eigenvalue weighted by atomic mass is 15.1. The molecule has 0 saturated heterocycles. The third-order valence-electron chi connectivity index (χ3n) is 10.9. The quantitative estimate of drug-likeness (QED) is 0.112. The number of hydrogen-bond acceptors (Lipinski definition) is 1. The lowest BCUT2D eigenvalue weighted by Gasteiger charge is -2.26. The average Bonchev–Trinajstić information content (AvgIpc) is 3.34. The maximum absolute atomic E-state index is 2.34. The molecule has 9 rings (SSSR count). The first-order chi connectivity index (χ1) is 30.2. The van der Waals surface area contributed by atoms with Gasteiger partial charge in [0.05, 0.1) is 0 Å². The number of anilines is 3. The Morgan fingerprint density at radius 3 is 0.574 bits per heavy atom. The van der Waals surface area contributed by atoms with Crippen molar-refractivity contribution in [2.24, 2.45) is 0 Å². The number of benzene rings is 9. The number of nitrogens with zero attached hydrogens (tertiary/aromatic N) is 1. The molecule has 0 saturated carbocycles. The fourth-order valence-corrected chi connectivity index (χ4v) is 7.49. The Bertz CT molecular complexity index is 2530. The van der Waals surface area contributed by atoms with Gasteiger partial charge in [-0.1, -0.05) is 237 Å². The van der Waals surface area contributed by atoms with Crippen LogP contribution in [0.15, 0.2) is 237 Å². The second kappa shape index (κ2) is 18.7. The van der Waals surface area contributed by atoms with Gasteiger partial charge in [0.1, 0.15) is 0 Å². The minimum Gasteiger partial charge on any atom is -0.311 e. The van der Waals surface area contributed by atoms with E-state index in [0.29, 0.717) is 0 Å². The molecule has 0 N–H and O–H groups in total. The maximum atomic E-state index is 2.34. The summed E-state index contributed by atoms with van der Waals surface area (Å²) >= 11 is 0. The van der Waals surface area contributed by atoms with Crippen LogP contribution in [-0.2, 0) is 0 Å². The summed E-state index contributed by atoms with van der Waals surface area (Å²) in [6, 6.07) is 84.2. The first-order valence-electron chi connectivity index (χ1n) is 20.8. The fourth-order valence-electron chi connectivity index (χ4n) is 7.49. The molecule has 61 heavy (non-hydrogen) atoms. The molecule has 0 spiro atoms. The molecule has 0 aromatic heterocycles. The molecule has 1 heteroatoms. The van der Waals surface area contributed by atoms with Crippen molar-refractivity contribution in [3.63, 3.8) is 0 Å². The van der Waals surface area contributed by atoms with E-state index in [-0.39, 0.29) is 0 Å². The van der Waals surface area contributed by atoms with Gasteiger partial charge in [0.25, 0.3) is 0 Å². The zero-order valence-corrected chi connectivity index (χ0v) is 33.9. The van der Waals surface area contributed by atoms with Crippen molar-refractivity contribution in [1.82, 2.24) is 0 Å². The number of rotatable bonds is 12. The monoisotopic (exact) mass is 779 g/mol. The Labute approximate surface area is 360 Å². The lowest BCUT2D eigenvalue weighted by Crippen LogP contribution is -2.09. The van der Waals surface area contributed by atoms with Crippen LogP contribution >= 0.6 is 0 Å². The highest BCUT2D eigenvalue weighted by Gasteiger charge is 2.14. The molecule has 0 heterocycles. The summed E-state index contributed by atoms with van der Waals surface area (Å²) in [5.41, 5.74) is 17.5. The van der Waals surface area contributed by atoms with Crippen LogP contribution in [0.4, 0.5) is 17.1 Å². The second-order valence-corrected chi connectivity index (χ2v) is 15.1. The standard InChI is InChI=1S/C60H45N/c1-4-10-46(11-5-1)16-19-49-22-28-52(29-23-49)55-34-40-58(41-35-55)61(59-42-36-56(37-43-59)53-30-24-50(25-31-53)20-17-47-12-6-2-7-13-47)60-44-38-57(39-45-60)54-32-26-51(27-33-54)21-18-48-14-8-3-9-15-48/h1-45H/b19-16+,20-17+,21-18+. The summed E-state index contributed by atoms with van der Waals surface area (Å²) in [6.07, 6.45) is 12.9. The Balaban J connectivity index is 0.967. The van der Waals surface area contributed by atoms with Crippen molar-refractivity contribution in [2.45, 2.75) is 0 Å². The summed E-state index contributed by atoms with van der Waals surface area (Å²) in [5, 5.41) is 0. The molecule has 0 atom stereocenters. The van der Waals surface area contributed by atoms with Crippen molar-refractivity contribution in [1.29, 1.82) is 0 Å². The lowest BCUT2D eigenvalue weighted by atomic mass is 10.0. The topological polar surface area (TPSA) is 3.24 Å². The second-order valence-electron chi connectivity index (χ2n) is 15.1. The fraction of sp³-hybridized carbons (Fsp3) is 0. The zero-order chi connectivity index (χ0) is 41.1. The van der Waals surface area contributed by atoms with Gasteiger partial charge in [-0.05, 0) is 103 Å². The van der Waals surface area contributed by atoms with E-state index in [0.717, 1.165) is 17.1 Å². The molecule has 0 aliphatic carbocycles. The minimum absolute atomic E-state index is 1.09. The SMILES string of the molecule is C(=C\c1ccc(-c2ccc(N(c3ccc(-c4ccc(/C=C/c5ccccc5)cc4)cc3)c3ccc(-c4ccc(/C=C/c5ccccc5)cc4)cc3)cc2)cc1)/c1ccccc1. The van der Waals surface area contributed by atoms with Gasteiger partial charge in [0.15, 0.2) is 0 Å². The Morgan fingerprint density at radius 2 is 0.361 bits per heavy atom. The van der Waals surface area contributed by atoms with E-state index in [4.69, 9.17) is 0 Å². The van der Waals surface area contributed by atoms with E-state index >= 15 is 0 Å².